The van der Waals surface area contributed by atoms with Crippen LogP contribution in [0, 0.1) is 13.8 Å². The van der Waals surface area contributed by atoms with Crippen molar-refractivity contribution in [2.75, 3.05) is 5.32 Å². The Balaban J connectivity index is 1.81. The van der Waals surface area contributed by atoms with Crippen molar-refractivity contribution in [3.63, 3.8) is 0 Å². The Hall–Kier alpha value is -1.69. The SMILES string of the molecule is Cc1ccc(-c2nc(C(=O)Nc3cccc(Cl)c3C)cs2)s1. The summed E-state index contributed by atoms with van der Waals surface area (Å²) in [6, 6.07) is 9.52. The lowest BCUT2D eigenvalue weighted by Crippen LogP contribution is -2.13. The zero-order chi connectivity index (χ0) is 15.7. The van der Waals surface area contributed by atoms with Crippen molar-refractivity contribution in [2.24, 2.45) is 0 Å². The number of hydrogen-bond acceptors (Lipinski definition) is 4. The number of halogens is 1. The largest absolute Gasteiger partial charge is 0.320 e. The Bertz CT molecular complexity index is 838. The Morgan fingerprint density at radius 1 is 1.23 bits per heavy atom. The number of carbonyl (C=O) groups is 1. The van der Waals surface area contributed by atoms with Gasteiger partial charge >= 0.3 is 0 Å². The molecule has 1 aromatic carbocycles. The lowest BCUT2D eigenvalue weighted by atomic mass is 10.2. The lowest BCUT2D eigenvalue weighted by molar-refractivity contribution is 0.102. The van der Waals surface area contributed by atoms with Crippen molar-refractivity contribution in [1.29, 1.82) is 0 Å². The maximum atomic E-state index is 12.3. The number of nitrogens with one attached hydrogen (secondary N) is 1. The fourth-order valence-electron chi connectivity index (χ4n) is 1.97. The van der Waals surface area contributed by atoms with Crippen LogP contribution in [0.4, 0.5) is 5.69 Å². The van der Waals surface area contributed by atoms with Crippen LogP contribution in [0.15, 0.2) is 35.7 Å². The molecule has 3 nitrogen and oxygen atoms in total. The Kier molecular flexibility index (Phi) is 4.29. The first kappa shape index (κ1) is 15.2. The molecule has 0 fully saturated rings. The van der Waals surface area contributed by atoms with E-state index in [1.54, 1.807) is 22.8 Å². The molecule has 0 aliphatic heterocycles. The van der Waals surface area contributed by atoms with Gasteiger partial charge in [0.15, 0.2) is 0 Å². The van der Waals surface area contributed by atoms with Crippen molar-refractivity contribution >= 4 is 45.9 Å². The first-order chi connectivity index (χ1) is 10.5. The number of aromatic nitrogens is 1. The van der Waals surface area contributed by atoms with Crippen LogP contribution >= 0.6 is 34.3 Å². The van der Waals surface area contributed by atoms with Gasteiger partial charge in [-0.2, -0.15) is 0 Å². The quantitative estimate of drug-likeness (QED) is 0.689. The number of thiophene rings is 1. The summed E-state index contributed by atoms with van der Waals surface area (Å²) >= 11 is 9.21. The average Bonchev–Trinajstić information content (AvgIpc) is 3.12. The number of thiazole rings is 1. The molecule has 3 rings (SSSR count). The molecule has 1 amide bonds. The Labute approximate surface area is 141 Å². The lowest BCUT2D eigenvalue weighted by Gasteiger charge is -2.07. The van der Waals surface area contributed by atoms with Gasteiger partial charge < -0.3 is 5.32 Å². The molecule has 0 bridgehead atoms. The summed E-state index contributed by atoms with van der Waals surface area (Å²) in [7, 11) is 0. The van der Waals surface area contributed by atoms with Gasteiger partial charge in [-0.1, -0.05) is 17.7 Å². The summed E-state index contributed by atoms with van der Waals surface area (Å²) < 4.78 is 0. The van der Waals surface area contributed by atoms with E-state index in [2.05, 4.69) is 23.3 Å². The molecular formula is C16H13ClN2OS2. The van der Waals surface area contributed by atoms with Crippen LogP contribution in [0.2, 0.25) is 5.02 Å². The van der Waals surface area contributed by atoms with E-state index in [9.17, 15) is 4.79 Å². The molecule has 0 unspecified atom stereocenters. The molecule has 3 aromatic rings. The number of hydrogen-bond donors (Lipinski definition) is 1. The third-order valence-electron chi connectivity index (χ3n) is 3.20. The fraction of sp³-hybridized carbons (Fsp3) is 0.125. The molecule has 0 aliphatic carbocycles. The minimum Gasteiger partial charge on any atom is -0.320 e. The van der Waals surface area contributed by atoms with Crippen molar-refractivity contribution in [3.05, 3.63) is 56.9 Å². The monoisotopic (exact) mass is 348 g/mol. The van der Waals surface area contributed by atoms with E-state index < -0.39 is 0 Å². The van der Waals surface area contributed by atoms with Gasteiger partial charge in [0.05, 0.1) is 4.88 Å². The zero-order valence-electron chi connectivity index (χ0n) is 12.0. The Morgan fingerprint density at radius 3 is 2.77 bits per heavy atom. The van der Waals surface area contributed by atoms with Gasteiger partial charge in [-0.05, 0) is 43.7 Å². The van der Waals surface area contributed by atoms with Gasteiger partial charge in [0.25, 0.3) is 5.91 Å². The van der Waals surface area contributed by atoms with E-state index in [0.717, 1.165) is 15.4 Å². The highest BCUT2D eigenvalue weighted by Gasteiger charge is 2.14. The molecular weight excluding hydrogens is 336 g/mol. The standard InChI is InChI=1S/C16H13ClN2OS2/c1-9-6-7-14(22-9)16-19-13(8-21-16)15(20)18-12-5-3-4-11(17)10(12)2/h3-8H,1-2H3,(H,18,20). The smallest absolute Gasteiger partial charge is 0.275 e. The van der Waals surface area contributed by atoms with Crippen molar-refractivity contribution in [1.82, 2.24) is 4.98 Å². The highest BCUT2D eigenvalue weighted by molar-refractivity contribution is 7.21. The second kappa shape index (κ2) is 6.20. The van der Waals surface area contributed by atoms with E-state index in [-0.39, 0.29) is 5.91 Å². The van der Waals surface area contributed by atoms with Crippen LogP contribution in [0.5, 0.6) is 0 Å². The maximum absolute atomic E-state index is 12.3. The van der Waals surface area contributed by atoms with Crippen LogP contribution in [0.25, 0.3) is 9.88 Å². The minimum absolute atomic E-state index is 0.221. The number of rotatable bonds is 3. The van der Waals surface area contributed by atoms with Crippen molar-refractivity contribution < 1.29 is 4.79 Å². The van der Waals surface area contributed by atoms with Gasteiger partial charge in [0, 0.05) is 21.0 Å². The number of carbonyl (C=O) groups excluding carboxylic acids is 1. The van der Waals surface area contributed by atoms with Crippen molar-refractivity contribution in [2.45, 2.75) is 13.8 Å². The molecule has 112 valence electrons. The molecule has 0 saturated carbocycles. The van der Waals surface area contributed by atoms with Crippen molar-refractivity contribution in [3.8, 4) is 9.88 Å². The second-order valence-electron chi connectivity index (χ2n) is 4.81. The number of aryl methyl sites for hydroxylation is 1. The van der Waals surface area contributed by atoms with Crippen LogP contribution in [-0.2, 0) is 0 Å². The van der Waals surface area contributed by atoms with E-state index in [0.29, 0.717) is 16.4 Å². The molecule has 6 heteroatoms. The third kappa shape index (κ3) is 3.06. The number of benzene rings is 1. The summed E-state index contributed by atoms with van der Waals surface area (Å²) in [6.45, 7) is 3.93. The number of amides is 1. The van der Waals surface area contributed by atoms with Gasteiger partial charge in [-0.15, -0.1) is 22.7 Å². The van der Waals surface area contributed by atoms with Crippen LogP contribution in [0.3, 0.4) is 0 Å². The predicted octanol–water partition coefficient (Wildman–Crippen LogP) is 5.39. The Morgan fingerprint density at radius 2 is 2.05 bits per heavy atom. The van der Waals surface area contributed by atoms with Gasteiger partial charge in [0.1, 0.15) is 10.7 Å². The van der Waals surface area contributed by atoms with E-state index >= 15 is 0 Å². The van der Waals surface area contributed by atoms with Crippen LogP contribution < -0.4 is 5.32 Å². The molecule has 2 heterocycles. The van der Waals surface area contributed by atoms with E-state index in [1.807, 2.05) is 25.1 Å². The predicted molar refractivity (Wildman–Crippen MR) is 94.3 cm³/mol. The van der Waals surface area contributed by atoms with Gasteiger partial charge in [-0.3, -0.25) is 4.79 Å². The summed E-state index contributed by atoms with van der Waals surface area (Å²) in [5.41, 5.74) is 1.98. The normalized spacial score (nSPS) is 10.7. The summed E-state index contributed by atoms with van der Waals surface area (Å²) in [5.74, 6) is -0.221. The summed E-state index contributed by atoms with van der Waals surface area (Å²) in [6.07, 6.45) is 0. The number of nitrogens with zero attached hydrogens (tertiary/aromatic N) is 1. The maximum Gasteiger partial charge on any atom is 0.275 e. The molecule has 0 aliphatic rings. The highest BCUT2D eigenvalue weighted by atomic mass is 35.5. The van der Waals surface area contributed by atoms with E-state index in [1.165, 1.54) is 16.2 Å². The van der Waals surface area contributed by atoms with Crippen LogP contribution in [-0.4, -0.2) is 10.9 Å². The highest BCUT2D eigenvalue weighted by Crippen LogP contribution is 2.30. The summed E-state index contributed by atoms with van der Waals surface area (Å²) in [5, 5.41) is 6.14. The molecule has 0 atom stereocenters. The molecule has 22 heavy (non-hydrogen) atoms. The zero-order valence-corrected chi connectivity index (χ0v) is 14.4. The topological polar surface area (TPSA) is 42.0 Å². The fourth-order valence-corrected chi connectivity index (χ4v) is 3.88. The first-order valence-corrected chi connectivity index (χ1v) is 8.71. The second-order valence-corrected chi connectivity index (χ2v) is 7.37. The van der Waals surface area contributed by atoms with Gasteiger partial charge in [-0.25, -0.2) is 4.98 Å². The van der Waals surface area contributed by atoms with E-state index in [4.69, 9.17) is 11.6 Å². The molecule has 2 aromatic heterocycles. The molecule has 0 saturated heterocycles. The molecule has 0 radical (unpaired) electrons. The molecule has 1 N–H and O–H groups in total. The number of anilines is 1. The first-order valence-electron chi connectivity index (χ1n) is 6.63. The van der Waals surface area contributed by atoms with Gasteiger partial charge in [0.2, 0.25) is 0 Å². The average molecular weight is 349 g/mol. The molecule has 0 spiro atoms. The van der Waals surface area contributed by atoms with Crippen LogP contribution in [0.1, 0.15) is 20.9 Å². The minimum atomic E-state index is -0.221. The summed E-state index contributed by atoms with van der Waals surface area (Å²) in [4.78, 5) is 19.1. The third-order valence-corrected chi connectivity index (χ3v) is 5.63.